The molecule has 0 bridgehead atoms. The van der Waals surface area contributed by atoms with Gasteiger partial charge in [-0.15, -0.1) is 0 Å². The molecule has 0 aliphatic heterocycles. The second-order valence-corrected chi connectivity index (χ2v) is 1.10. The maximum Gasteiger partial charge on any atom is 0.339 e. The molecule has 0 radical (unpaired) electrons. The van der Waals surface area contributed by atoms with Crippen LogP contribution in [-0.4, -0.2) is 38.3 Å². The molecule has 0 atom stereocenters. The van der Waals surface area contributed by atoms with E-state index in [4.69, 9.17) is 25.7 Å². The zero-order chi connectivity index (χ0) is 9.86. The molecular weight excluding hydrogens is 200 g/mol. The fourth-order valence-electron chi connectivity index (χ4n) is 0. The van der Waals surface area contributed by atoms with Crippen molar-refractivity contribution in [1.82, 2.24) is 0 Å². The monoisotopic (exact) mass is 220 g/mol. The van der Waals surface area contributed by atoms with E-state index in [1.54, 1.807) is 0 Å². The van der Waals surface area contributed by atoms with Gasteiger partial charge in [0.05, 0.1) is 0 Å². The van der Waals surface area contributed by atoms with Crippen molar-refractivity contribution in [2.45, 2.75) is 28.7 Å². The summed E-state index contributed by atoms with van der Waals surface area (Å²) in [7, 11) is 0. The van der Waals surface area contributed by atoms with Crippen LogP contribution in [-0.2, 0) is 14.5 Å². The van der Waals surface area contributed by atoms with Crippen LogP contribution < -0.4 is 0 Å². The van der Waals surface area contributed by atoms with Crippen LogP contribution in [0.3, 0.4) is 0 Å². The SMILES string of the molecule is C.C.CC(=O)O.CC(=O)OO.O.OO. The molecule has 0 fully saturated rings. The van der Waals surface area contributed by atoms with Crippen LogP contribution in [0.4, 0.5) is 0 Å². The van der Waals surface area contributed by atoms with Gasteiger partial charge in [0.25, 0.3) is 5.97 Å². The standard InChI is InChI=1S/C2H4O3.C2H4O2.2CH4.H2O2.H2O/c1-2(3)5-4;1-2(3)4;;;1-2;/h4H,1H3;1H3,(H,3,4);2*1H4;1-2H;1H2. The Morgan fingerprint density at radius 3 is 1.14 bits per heavy atom. The van der Waals surface area contributed by atoms with Gasteiger partial charge < -0.3 is 15.5 Å². The number of carbonyl (C=O) groups excluding carboxylic acids is 1. The predicted molar refractivity (Wildman–Crippen MR) is 50.0 cm³/mol. The molecule has 92 valence electrons. The van der Waals surface area contributed by atoms with Crippen molar-refractivity contribution in [2.75, 3.05) is 0 Å². The van der Waals surface area contributed by atoms with Crippen LogP contribution >= 0.6 is 0 Å². The van der Waals surface area contributed by atoms with Crippen molar-refractivity contribution in [3.8, 4) is 0 Å². The number of hydrogen-bond donors (Lipinski definition) is 4. The number of carboxylic acids is 1. The number of hydrogen-bond acceptors (Lipinski definition) is 6. The van der Waals surface area contributed by atoms with E-state index in [0.717, 1.165) is 13.8 Å². The van der Waals surface area contributed by atoms with E-state index >= 15 is 0 Å². The minimum absolute atomic E-state index is 0. The Morgan fingerprint density at radius 2 is 1.14 bits per heavy atom. The van der Waals surface area contributed by atoms with Crippen LogP contribution in [0.5, 0.6) is 0 Å². The Morgan fingerprint density at radius 1 is 1.07 bits per heavy atom. The highest BCUT2D eigenvalue weighted by Gasteiger charge is 1.79. The average Bonchev–Trinajstić information content (AvgIpc) is 1.91. The minimum atomic E-state index is -0.833. The Hall–Kier alpha value is -1.22. The summed E-state index contributed by atoms with van der Waals surface area (Å²) in [6.07, 6.45) is 0. The van der Waals surface area contributed by atoms with Gasteiger partial charge >= 0.3 is 5.97 Å². The van der Waals surface area contributed by atoms with Gasteiger partial charge in [-0.25, -0.2) is 4.79 Å². The van der Waals surface area contributed by atoms with E-state index in [9.17, 15) is 4.79 Å². The topological polar surface area (TPSA) is 156 Å². The summed E-state index contributed by atoms with van der Waals surface area (Å²) in [4.78, 5) is 21.5. The lowest BCUT2D eigenvalue weighted by Crippen LogP contribution is -1.89. The van der Waals surface area contributed by atoms with Gasteiger partial charge in [0, 0.05) is 13.8 Å². The maximum atomic E-state index is 9.34. The van der Waals surface area contributed by atoms with Crippen molar-refractivity contribution in [3.63, 3.8) is 0 Å². The van der Waals surface area contributed by atoms with E-state index in [1.165, 1.54) is 0 Å². The second-order valence-electron chi connectivity index (χ2n) is 1.10. The van der Waals surface area contributed by atoms with E-state index < -0.39 is 11.9 Å². The molecule has 0 saturated heterocycles. The highest BCUT2D eigenvalue weighted by atomic mass is 17.1. The quantitative estimate of drug-likeness (QED) is 0.343. The van der Waals surface area contributed by atoms with Gasteiger partial charge in [-0.05, 0) is 0 Å². The molecule has 6 N–H and O–H groups in total. The molecule has 0 spiro atoms. The lowest BCUT2D eigenvalue weighted by atomic mass is 10.9. The van der Waals surface area contributed by atoms with Gasteiger partial charge in [-0.3, -0.25) is 15.3 Å². The van der Waals surface area contributed by atoms with Gasteiger partial charge in [-0.1, -0.05) is 14.9 Å². The normalized spacial score (nSPS) is 4.64. The molecule has 0 aromatic rings. The van der Waals surface area contributed by atoms with Crippen molar-refractivity contribution >= 4 is 11.9 Å². The summed E-state index contributed by atoms with van der Waals surface area (Å²) in [6, 6.07) is 0. The lowest BCUT2D eigenvalue weighted by Gasteiger charge is -1.76. The molecule has 8 nitrogen and oxygen atoms in total. The fourth-order valence-corrected chi connectivity index (χ4v) is 0. The summed E-state index contributed by atoms with van der Waals surface area (Å²) in [5.74, 6) is -1.52. The van der Waals surface area contributed by atoms with E-state index in [1.807, 2.05) is 0 Å². The molecule has 0 unspecified atom stereocenters. The van der Waals surface area contributed by atoms with Crippen LogP contribution in [0.25, 0.3) is 0 Å². The molecule has 0 heterocycles. The largest absolute Gasteiger partial charge is 0.481 e. The molecule has 0 rings (SSSR count). The summed E-state index contributed by atoms with van der Waals surface area (Å²) in [6.45, 7) is 2.19. The van der Waals surface area contributed by atoms with Crippen molar-refractivity contribution < 1.29 is 40.8 Å². The van der Waals surface area contributed by atoms with Gasteiger partial charge in [0.1, 0.15) is 0 Å². The first-order chi connectivity index (χ1) is 5.00. The number of carboxylic acid groups (broad SMARTS) is 1. The van der Waals surface area contributed by atoms with Crippen molar-refractivity contribution in [3.05, 3.63) is 0 Å². The highest BCUT2D eigenvalue weighted by molar-refractivity contribution is 5.64. The zero-order valence-corrected chi connectivity index (χ0v) is 6.51. The molecule has 8 heteroatoms. The molecule has 0 aromatic heterocycles. The maximum absolute atomic E-state index is 9.34. The smallest absolute Gasteiger partial charge is 0.339 e. The third kappa shape index (κ3) is 1690. The van der Waals surface area contributed by atoms with Crippen LogP contribution in [0.2, 0.25) is 0 Å². The summed E-state index contributed by atoms with van der Waals surface area (Å²) in [5, 5.41) is 26.7. The number of aliphatic carboxylic acids is 1. The number of rotatable bonds is 0. The molecule has 14 heavy (non-hydrogen) atoms. The zero-order valence-electron chi connectivity index (χ0n) is 6.51. The summed E-state index contributed by atoms with van der Waals surface area (Å²) in [5.41, 5.74) is 0. The Balaban J connectivity index is -0.0000000166. The Kier molecular flexibility index (Phi) is 113. The van der Waals surface area contributed by atoms with Gasteiger partial charge in [0.15, 0.2) is 0 Å². The predicted octanol–water partition coefficient (Wildman–Crippen LogP) is 0.578. The molecular formula is C6H20O8. The van der Waals surface area contributed by atoms with Crippen molar-refractivity contribution in [2.24, 2.45) is 0 Å². The highest BCUT2D eigenvalue weighted by Crippen LogP contribution is 1.59. The van der Waals surface area contributed by atoms with Crippen LogP contribution in [0, 0.1) is 0 Å². The molecule has 0 aromatic carbocycles. The van der Waals surface area contributed by atoms with E-state index in [-0.39, 0.29) is 20.3 Å². The van der Waals surface area contributed by atoms with Crippen LogP contribution in [0.15, 0.2) is 0 Å². The van der Waals surface area contributed by atoms with E-state index in [2.05, 4.69) is 4.89 Å². The first kappa shape index (κ1) is 38.6. The molecule has 0 amide bonds. The summed E-state index contributed by atoms with van der Waals surface area (Å²) < 4.78 is 0. The van der Waals surface area contributed by atoms with E-state index in [0.29, 0.717) is 0 Å². The van der Waals surface area contributed by atoms with Crippen molar-refractivity contribution in [1.29, 1.82) is 0 Å². The fraction of sp³-hybridized carbons (Fsp3) is 0.667. The third-order valence-corrected chi connectivity index (χ3v) is 0.129. The summed E-state index contributed by atoms with van der Waals surface area (Å²) >= 11 is 0. The lowest BCUT2D eigenvalue weighted by molar-refractivity contribution is -0.231. The van der Waals surface area contributed by atoms with Crippen LogP contribution in [0.1, 0.15) is 28.7 Å². The van der Waals surface area contributed by atoms with Gasteiger partial charge in [-0.2, -0.15) is 5.26 Å². The first-order valence-corrected chi connectivity index (χ1v) is 2.22. The van der Waals surface area contributed by atoms with Gasteiger partial charge in [0.2, 0.25) is 0 Å². The Labute approximate surface area is 82.5 Å². The molecule has 0 saturated carbocycles. The number of carbonyl (C=O) groups is 2. The minimum Gasteiger partial charge on any atom is -0.481 e. The third-order valence-electron chi connectivity index (χ3n) is 0.129. The first-order valence-electron chi connectivity index (χ1n) is 2.22. The Bertz CT molecular complexity index is 98.0. The average molecular weight is 220 g/mol. The second kappa shape index (κ2) is 41.0. The molecule has 0 aliphatic carbocycles. The molecule has 0 aliphatic rings.